The first-order chi connectivity index (χ1) is 8.43. The number of aromatic carboxylic acids is 1. The summed E-state index contributed by atoms with van der Waals surface area (Å²) in [6, 6.07) is 1.38. The van der Waals surface area contributed by atoms with Crippen LogP contribution in [0.4, 0.5) is 0 Å². The van der Waals surface area contributed by atoms with E-state index >= 15 is 0 Å². The zero-order chi connectivity index (χ0) is 13.7. The molecule has 1 amide bonds. The van der Waals surface area contributed by atoms with E-state index in [0.717, 1.165) is 11.3 Å². The van der Waals surface area contributed by atoms with Crippen LogP contribution in [-0.2, 0) is 4.79 Å². The van der Waals surface area contributed by atoms with Gasteiger partial charge in [0.05, 0.1) is 16.5 Å². The molecule has 7 heteroatoms. The van der Waals surface area contributed by atoms with E-state index in [-0.39, 0.29) is 29.3 Å². The van der Waals surface area contributed by atoms with E-state index in [0.29, 0.717) is 0 Å². The highest BCUT2D eigenvalue weighted by molar-refractivity contribution is 7.10. The molecule has 6 nitrogen and oxygen atoms in total. The number of carbonyl (C=O) groups is 2. The van der Waals surface area contributed by atoms with Crippen LogP contribution in [0.1, 0.15) is 34.7 Å². The van der Waals surface area contributed by atoms with Crippen LogP contribution >= 0.6 is 11.3 Å². The van der Waals surface area contributed by atoms with Crippen molar-refractivity contribution in [3.63, 3.8) is 0 Å². The average Bonchev–Trinajstić information content (AvgIpc) is 2.76. The van der Waals surface area contributed by atoms with Gasteiger partial charge in [-0.1, -0.05) is 0 Å². The Hall–Kier alpha value is -1.44. The Kier molecular flexibility index (Phi) is 5.26. The Morgan fingerprint density at radius 1 is 1.44 bits per heavy atom. The lowest BCUT2D eigenvalue weighted by Crippen LogP contribution is -2.27. The molecule has 0 aromatic carbocycles. The molecule has 0 spiro atoms. The van der Waals surface area contributed by atoms with E-state index < -0.39 is 18.2 Å². The fraction of sp³-hybridized carbons (Fsp3) is 0.455. The number of thiophene rings is 1. The second kappa shape index (κ2) is 6.48. The first-order valence-electron chi connectivity index (χ1n) is 5.34. The lowest BCUT2D eigenvalue weighted by atomic mass is 10.1. The number of carboxylic acid groups (broad SMARTS) is 1. The van der Waals surface area contributed by atoms with Crippen molar-refractivity contribution in [3.05, 3.63) is 21.9 Å². The van der Waals surface area contributed by atoms with Gasteiger partial charge in [0.25, 0.3) is 0 Å². The maximum atomic E-state index is 10.9. The van der Waals surface area contributed by atoms with Gasteiger partial charge in [0, 0.05) is 13.5 Å². The average molecular weight is 273 g/mol. The van der Waals surface area contributed by atoms with Gasteiger partial charge in [-0.25, -0.2) is 4.79 Å². The monoisotopic (exact) mass is 273 g/mol. The number of rotatable bonds is 6. The van der Waals surface area contributed by atoms with Crippen LogP contribution in [-0.4, -0.2) is 39.8 Å². The Balaban J connectivity index is 2.62. The molecular formula is C11H15NO5S. The standard InChI is InChI=1S/C11H15NO5S/c1-6(13)12-4-2-8(14)9(15)10-7(11(16)17)3-5-18-10/h3,5,8-9,14-15H,2,4H2,1H3,(H,12,13)(H,16,17). The molecule has 1 rings (SSSR count). The molecule has 0 radical (unpaired) electrons. The lowest BCUT2D eigenvalue weighted by Gasteiger charge is -2.17. The molecule has 1 aromatic heterocycles. The van der Waals surface area contributed by atoms with Crippen molar-refractivity contribution >= 4 is 23.2 Å². The maximum absolute atomic E-state index is 10.9. The number of carbonyl (C=O) groups excluding carboxylic acids is 1. The molecule has 2 atom stereocenters. The van der Waals surface area contributed by atoms with E-state index in [2.05, 4.69) is 5.32 Å². The largest absolute Gasteiger partial charge is 0.478 e. The molecule has 0 saturated carbocycles. The number of amides is 1. The fourth-order valence-corrected chi connectivity index (χ4v) is 2.38. The van der Waals surface area contributed by atoms with Crippen molar-refractivity contribution in [1.82, 2.24) is 5.32 Å². The quantitative estimate of drug-likeness (QED) is 0.599. The van der Waals surface area contributed by atoms with Crippen molar-refractivity contribution < 1.29 is 24.9 Å². The van der Waals surface area contributed by atoms with Gasteiger partial charge in [-0.05, 0) is 17.9 Å². The highest BCUT2D eigenvalue weighted by Crippen LogP contribution is 2.27. The number of nitrogens with one attached hydrogen (secondary N) is 1. The Morgan fingerprint density at radius 3 is 2.67 bits per heavy atom. The van der Waals surface area contributed by atoms with Crippen LogP contribution in [0.5, 0.6) is 0 Å². The zero-order valence-electron chi connectivity index (χ0n) is 9.79. The molecule has 0 bridgehead atoms. The number of aliphatic hydroxyl groups excluding tert-OH is 2. The van der Waals surface area contributed by atoms with Crippen molar-refractivity contribution in [2.45, 2.75) is 25.6 Å². The van der Waals surface area contributed by atoms with Gasteiger partial charge in [0.2, 0.25) is 5.91 Å². The smallest absolute Gasteiger partial charge is 0.336 e. The van der Waals surface area contributed by atoms with E-state index in [1.807, 2.05) is 0 Å². The SMILES string of the molecule is CC(=O)NCCC(O)C(O)c1sccc1C(=O)O. The number of hydrogen-bond donors (Lipinski definition) is 4. The second-order valence-corrected chi connectivity index (χ2v) is 4.74. The molecule has 0 aliphatic heterocycles. The normalized spacial score (nSPS) is 13.9. The lowest BCUT2D eigenvalue weighted by molar-refractivity contribution is -0.119. The Morgan fingerprint density at radius 2 is 2.11 bits per heavy atom. The second-order valence-electron chi connectivity index (χ2n) is 3.79. The summed E-state index contributed by atoms with van der Waals surface area (Å²) in [5.41, 5.74) is -0.00826. The van der Waals surface area contributed by atoms with E-state index in [4.69, 9.17) is 5.11 Å². The third-order valence-corrected chi connectivity index (χ3v) is 3.36. The van der Waals surface area contributed by atoms with Gasteiger partial charge in [-0.3, -0.25) is 4.79 Å². The van der Waals surface area contributed by atoms with Crippen molar-refractivity contribution in [3.8, 4) is 0 Å². The van der Waals surface area contributed by atoms with Gasteiger partial charge in [0.15, 0.2) is 0 Å². The fourth-order valence-electron chi connectivity index (χ4n) is 1.46. The maximum Gasteiger partial charge on any atom is 0.336 e. The van der Waals surface area contributed by atoms with Crippen LogP contribution < -0.4 is 5.32 Å². The molecule has 0 saturated heterocycles. The summed E-state index contributed by atoms with van der Waals surface area (Å²) in [6.07, 6.45) is -2.23. The first-order valence-corrected chi connectivity index (χ1v) is 6.22. The van der Waals surface area contributed by atoms with Gasteiger partial charge >= 0.3 is 5.97 Å². The summed E-state index contributed by atoms with van der Waals surface area (Å²) in [5.74, 6) is -1.36. The number of aliphatic hydroxyl groups is 2. The van der Waals surface area contributed by atoms with Gasteiger partial charge in [-0.15, -0.1) is 11.3 Å². The Bertz CT molecular complexity index is 431. The Labute approximate surface area is 108 Å². The summed E-state index contributed by atoms with van der Waals surface area (Å²) < 4.78 is 0. The molecule has 1 aromatic rings. The molecular weight excluding hydrogens is 258 g/mol. The zero-order valence-corrected chi connectivity index (χ0v) is 10.6. The number of carboxylic acids is 1. The third kappa shape index (κ3) is 3.80. The summed E-state index contributed by atoms with van der Waals surface area (Å²) in [7, 11) is 0. The van der Waals surface area contributed by atoms with Crippen molar-refractivity contribution in [2.24, 2.45) is 0 Å². The van der Waals surface area contributed by atoms with Crippen LogP contribution in [0, 0.1) is 0 Å². The minimum Gasteiger partial charge on any atom is -0.478 e. The van der Waals surface area contributed by atoms with Gasteiger partial charge < -0.3 is 20.6 Å². The number of hydrogen-bond acceptors (Lipinski definition) is 5. The highest BCUT2D eigenvalue weighted by Gasteiger charge is 2.24. The molecule has 100 valence electrons. The molecule has 0 fully saturated rings. The minimum atomic E-state index is -1.26. The van der Waals surface area contributed by atoms with E-state index in [1.165, 1.54) is 13.0 Å². The molecule has 1 heterocycles. The predicted octanol–water partition coefficient (Wildman–Crippen LogP) is 0.367. The van der Waals surface area contributed by atoms with Crippen LogP contribution in [0.2, 0.25) is 0 Å². The van der Waals surface area contributed by atoms with Crippen LogP contribution in [0.15, 0.2) is 11.4 Å². The van der Waals surface area contributed by atoms with Crippen LogP contribution in [0.3, 0.4) is 0 Å². The predicted molar refractivity (Wildman–Crippen MR) is 65.5 cm³/mol. The van der Waals surface area contributed by atoms with Crippen LogP contribution in [0.25, 0.3) is 0 Å². The molecule has 4 N–H and O–H groups in total. The summed E-state index contributed by atoms with van der Waals surface area (Å²) in [4.78, 5) is 21.7. The minimum absolute atomic E-state index is 0.00826. The summed E-state index contributed by atoms with van der Waals surface area (Å²) in [5, 5.41) is 32.5. The molecule has 18 heavy (non-hydrogen) atoms. The summed E-state index contributed by atoms with van der Waals surface area (Å²) >= 11 is 1.08. The van der Waals surface area contributed by atoms with Gasteiger partial charge in [0.1, 0.15) is 6.10 Å². The molecule has 0 aliphatic rings. The van der Waals surface area contributed by atoms with E-state index in [9.17, 15) is 19.8 Å². The van der Waals surface area contributed by atoms with Crippen molar-refractivity contribution in [1.29, 1.82) is 0 Å². The third-order valence-electron chi connectivity index (χ3n) is 2.37. The van der Waals surface area contributed by atoms with Crippen molar-refractivity contribution in [2.75, 3.05) is 6.54 Å². The molecule has 2 unspecified atom stereocenters. The summed E-state index contributed by atoms with van der Waals surface area (Å²) in [6.45, 7) is 1.58. The van der Waals surface area contributed by atoms with Gasteiger partial charge in [-0.2, -0.15) is 0 Å². The highest BCUT2D eigenvalue weighted by atomic mass is 32.1. The molecule has 0 aliphatic carbocycles. The first kappa shape index (κ1) is 14.6. The topological polar surface area (TPSA) is 107 Å². The van der Waals surface area contributed by atoms with E-state index in [1.54, 1.807) is 5.38 Å².